The van der Waals surface area contributed by atoms with Crippen molar-refractivity contribution in [3.63, 3.8) is 0 Å². The highest BCUT2D eigenvalue weighted by Gasteiger charge is 2.34. The van der Waals surface area contributed by atoms with Crippen molar-refractivity contribution < 1.29 is 0 Å². The van der Waals surface area contributed by atoms with Crippen LogP contribution in [0.5, 0.6) is 0 Å². The highest BCUT2D eigenvalue weighted by atomic mass is 32.2. The van der Waals surface area contributed by atoms with E-state index in [1.165, 1.54) is 32.4 Å². The summed E-state index contributed by atoms with van der Waals surface area (Å²) in [7, 11) is 0. The Balaban J connectivity index is 1.79. The largest absolute Gasteiger partial charge is 0.250 e. The summed E-state index contributed by atoms with van der Waals surface area (Å²) in [6.07, 6.45) is 4.33. The van der Waals surface area contributed by atoms with Crippen LogP contribution < -0.4 is 0 Å². The molecule has 1 unspecified atom stereocenters. The van der Waals surface area contributed by atoms with Crippen LogP contribution in [0, 0.1) is 11.3 Å². The zero-order chi connectivity index (χ0) is 9.47. The van der Waals surface area contributed by atoms with Crippen LogP contribution in [-0.4, -0.2) is 22.6 Å². The predicted molar refractivity (Wildman–Crippen MR) is 59.7 cm³/mol. The zero-order valence-corrected chi connectivity index (χ0v) is 9.86. The molecular weight excluding hydrogens is 178 g/mol. The third-order valence-corrected chi connectivity index (χ3v) is 4.60. The summed E-state index contributed by atoms with van der Waals surface area (Å²) < 4.78 is 2.60. The molecule has 2 aliphatic rings. The molecule has 0 radical (unpaired) electrons. The summed E-state index contributed by atoms with van der Waals surface area (Å²) in [5.74, 6) is 0.916. The molecule has 2 heteroatoms. The molecular formula is C11H21NS. The Bertz CT molecular complexity index is 181. The van der Waals surface area contributed by atoms with E-state index in [1.807, 2.05) is 0 Å². The molecule has 1 saturated heterocycles. The van der Waals surface area contributed by atoms with Crippen LogP contribution in [0.4, 0.5) is 0 Å². The van der Waals surface area contributed by atoms with E-state index in [1.54, 1.807) is 0 Å². The van der Waals surface area contributed by atoms with E-state index in [0.29, 0.717) is 5.41 Å². The van der Waals surface area contributed by atoms with Gasteiger partial charge in [0.2, 0.25) is 0 Å². The molecule has 0 aromatic rings. The summed E-state index contributed by atoms with van der Waals surface area (Å²) in [4.78, 5) is 0. The summed E-state index contributed by atoms with van der Waals surface area (Å²) in [6.45, 7) is 9.78. The molecule has 2 rings (SSSR count). The number of hydrogen-bond acceptors (Lipinski definition) is 2. The molecule has 0 spiro atoms. The van der Waals surface area contributed by atoms with Crippen LogP contribution in [0.25, 0.3) is 0 Å². The van der Waals surface area contributed by atoms with E-state index in [9.17, 15) is 0 Å². The maximum absolute atomic E-state index is 2.60. The molecule has 76 valence electrons. The van der Waals surface area contributed by atoms with Gasteiger partial charge in [0, 0.05) is 18.3 Å². The van der Waals surface area contributed by atoms with Gasteiger partial charge in [-0.25, -0.2) is 0 Å². The molecule has 0 aromatic heterocycles. The lowest BCUT2D eigenvalue weighted by Gasteiger charge is -2.26. The van der Waals surface area contributed by atoms with Crippen LogP contribution in [0.3, 0.4) is 0 Å². The second kappa shape index (κ2) is 3.47. The van der Waals surface area contributed by atoms with E-state index < -0.39 is 0 Å². The minimum absolute atomic E-state index is 0.513. The summed E-state index contributed by atoms with van der Waals surface area (Å²) in [5.41, 5.74) is 0.513. The second-order valence-electron chi connectivity index (χ2n) is 5.54. The normalized spacial score (nSPS) is 31.2. The van der Waals surface area contributed by atoms with Crippen molar-refractivity contribution in [3.05, 3.63) is 0 Å². The van der Waals surface area contributed by atoms with Gasteiger partial charge in [-0.15, -0.1) is 0 Å². The average Bonchev–Trinajstić information content (AvgIpc) is 2.63. The molecule has 13 heavy (non-hydrogen) atoms. The number of rotatable bonds is 2. The SMILES string of the molecule is CC(C)(C)C1CCN(SC2CC2)C1. The van der Waals surface area contributed by atoms with Gasteiger partial charge in [-0.05, 0) is 30.6 Å². The Morgan fingerprint density at radius 3 is 2.31 bits per heavy atom. The van der Waals surface area contributed by atoms with Crippen LogP contribution in [0.2, 0.25) is 0 Å². The van der Waals surface area contributed by atoms with Gasteiger partial charge < -0.3 is 0 Å². The number of nitrogens with zero attached hydrogens (tertiary/aromatic N) is 1. The molecule has 1 aliphatic heterocycles. The monoisotopic (exact) mass is 199 g/mol. The lowest BCUT2D eigenvalue weighted by Crippen LogP contribution is -2.23. The zero-order valence-electron chi connectivity index (χ0n) is 9.05. The Morgan fingerprint density at radius 2 is 1.85 bits per heavy atom. The summed E-state index contributed by atoms with van der Waals surface area (Å²) >= 11 is 2.13. The van der Waals surface area contributed by atoms with E-state index in [0.717, 1.165) is 11.2 Å². The van der Waals surface area contributed by atoms with E-state index in [4.69, 9.17) is 0 Å². The number of hydrogen-bond donors (Lipinski definition) is 0. The topological polar surface area (TPSA) is 3.24 Å². The van der Waals surface area contributed by atoms with E-state index >= 15 is 0 Å². The minimum atomic E-state index is 0.513. The fourth-order valence-electron chi connectivity index (χ4n) is 1.92. The Kier molecular flexibility index (Phi) is 2.63. The molecule has 1 atom stereocenters. The molecule has 1 aliphatic carbocycles. The second-order valence-corrected chi connectivity index (χ2v) is 6.94. The lowest BCUT2D eigenvalue weighted by molar-refractivity contribution is 0.254. The molecule has 1 saturated carbocycles. The third-order valence-electron chi connectivity index (χ3n) is 3.20. The van der Waals surface area contributed by atoms with Crippen LogP contribution in [0.1, 0.15) is 40.0 Å². The molecule has 0 N–H and O–H groups in total. The van der Waals surface area contributed by atoms with Crippen LogP contribution in [-0.2, 0) is 0 Å². The van der Waals surface area contributed by atoms with Crippen molar-refractivity contribution >= 4 is 11.9 Å². The average molecular weight is 199 g/mol. The molecule has 0 amide bonds. The van der Waals surface area contributed by atoms with Crippen molar-refractivity contribution in [2.45, 2.75) is 45.3 Å². The van der Waals surface area contributed by atoms with Gasteiger partial charge in [-0.1, -0.05) is 32.7 Å². The van der Waals surface area contributed by atoms with E-state index in [2.05, 4.69) is 37.0 Å². The van der Waals surface area contributed by atoms with Gasteiger partial charge in [0.05, 0.1) is 0 Å². The smallest absolute Gasteiger partial charge is 0.0196 e. The van der Waals surface area contributed by atoms with Gasteiger partial charge in [0.25, 0.3) is 0 Å². The van der Waals surface area contributed by atoms with Gasteiger partial charge in [-0.3, -0.25) is 4.31 Å². The Labute approximate surface area is 86.4 Å². The molecule has 1 heterocycles. The van der Waals surface area contributed by atoms with Crippen molar-refractivity contribution in [3.8, 4) is 0 Å². The fourth-order valence-corrected chi connectivity index (χ4v) is 3.16. The first-order valence-corrected chi connectivity index (χ1v) is 6.31. The molecule has 0 aromatic carbocycles. The first-order valence-electron chi connectivity index (χ1n) is 5.47. The van der Waals surface area contributed by atoms with Crippen molar-refractivity contribution in [1.29, 1.82) is 0 Å². The highest BCUT2D eigenvalue weighted by Crippen LogP contribution is 2.42. The maximum atomic E-state index is 2.60. The Morgan fingerprint density at radius 1 is 1.15 bits per heavy atom. The van der Waals surface area contributed by atoms with Gasteiger partial charge in [-0.2, -0.15) is 0 Å². The van der Waals surface area contributed by atoms with Crippen molar-refractivity contribution in [2.75, 3.05) is 13.1 Å². The highest BCUT2D eigenvalue weighted by molar-refractivity contribution is 7.97. The summed E-state index contributed by atoms with van der Waals surface area (Å²) in [6, 6.07) is 0. The van der Waals surface area contributed by atoms with Gasteiger partial charge in [0.1, 0.15) is 0 Å². The molecule has 2 fully saturated rings. The maximum Gasteiger partial charge on any atom is 0.0196 e. The van der Waals surface area contributed by atoms with Crippen LogP contribution in [0.15, 0.2) is 0 Å². The van der Waals surface area contributed by atoms with Crippen LogP contribution >= 0.6 is 11.9 Å². The Hall–Kier alpha value is 0.310. The van der Waals surface area contributed by atoms with Gasteiger partial charge >= 0.3 is 0 Å². The van der Waals surface area contributed by atoms with Gasteiger partial charge in [0.15, 0.2) is 0 Å². The molecule has 1 nitrogen and oxygen atoms in total. The van der Waals surface area contributed by atoms with E-state index in [-0.39, 0.29) is 0 Å². The molecule has 0 bridgehead atoms. The first kappa shape index (κ1) is 9.85. The predicted octanol–water partition coefficient (Wildman–Crippen LogP) is 3.17. The third kappa shape index (κ3) is 2.63. The first-order chi connectivity index (χ1) is 6.05. The quantitative estimate of drug-likeness (QED) is 0.628. The summed E-state index contributed by atoms with van der Waals surface area (Å²) in [5, 5.41) is 0.985. The fraction of sp³-hybridized carbons (Fsp3) is 1.00. The standard InChI is InChI=1S/C11H21NS/c1-11(2,3)9-6-7-12(8-9)13-10-4-5-10/h9-10H,4-8H2,1-3H3. The lowest BCUT2D eigenvalue weighted by atomic mass is 9.80. The van der Waals surface area contributed by atoms with Crippen molar-refractivity contribution in [2.24, 2.45) is 11.3 Å². The minimum Gasteiger partial charge on any atom is -0.250 e. The van der Waals surface area contributed by atoms with Crippen molar-refractivity contribution in [1.82, 2.24) is 4.31 Å².